The van der Waals surface area contributed by atoms with Crippen LogP contribution in [0.5, 0.6) is 5.75 Å². The van der Waals surface area contributed by atoms with E-state index in [1.165, 1.54) is 28.6 Å². The summed E-state index contributed by atoms with van der Waals surface area (Å²) >= 11 is 0. The van der Waals surface area contributed by atoms with Crippen LogP contribution in [-0.2, 0) is 14.4 Å². The van der Waals surface area contributed by atoms with E-state index in [1.807, 2.05) is 32.0 Å². The standard InChI is InChI=1S/C21H32O3.C19H20N2O3.ClH/c1-19-11-13(12-22)18(23)10-14(19)4-5-15-16(19)6-8-20(2)17(15)7-9-21(20,3)24;1-2-3-9-17-18(23)20(14-7-5-4-6-8-14)21(19(17)24)15-10-12-16(22)13-11-15;/h12,14-17,22,24H,4-11H2,1-3H3;4-8,10-13,17,22H,2-3,9H2,1H3;1H/b13-12-;;/t14-,15+,16-,17-,19-,20-,21-;;/m0../s1. The maximum Gasteiger partial charge on any atom is 1.00 e. The Hall–Kier alpha value is -3.36. The summed E-state index contributed by atoms with van der Waals surface area (Å²) in [6.45, 7) is 8.78. The second kappa shape index (κ2) is 14.1. The van der Waals surface area contributed by atoms with Gasteiger partial charge in [0.05, 0.1) is 23.2 Å². The minimum absolute atomic E-state index is 0. The molecule has 9 heteroatoms. The molecule has 266 valence electrons. The number of anilines is 2. The summed E-state index contributed by atoms with van der Waals surface area (Å²) in [5, 5.41) is 32.8. The Morgan fingerprint density at radius 3 is 2.08 bits per heavy atom. The molecule has 4 aliphatic carbocycles. The number of Topliss-reactive ketones (excluding diaryl/α,β-unsaturated/α-hetero) is 1. The molecular formula is C40H53ClN2O6. The SMILES string of the molecule is CCCCC1C(=O)N(c2ccccc2)N(c2ccc(O)cc2)C1=O.C[C@]12C/C(=C/O)C(=O)C[C@@H]1CC[C@@H]1[C@@H]2CC[C@@]2(C)[C@H]1CC[C@]2(C)O.[Cl-].[H+]. The van der Waals surface area contributed by atoms with Gasteiger partial charge in [-0.3, -0.25) is 14.4 Å². The number of hydrogen-bond donors (Lipinski definition) is 3. The van der Waals surface area contributed by atoms with Crippen LogP contribution in [0.2, 0.25) is 0 Å². The monoisotopic (exact) mass is 692 g/mol. The maximum atomic E-state index is 12.9. The first-order valence-electron chi connectivity index (χ1n) is 18.0. The number of phenols is 1. The third-order valence-electron chi connectivity index (χ3n) is 13.3. The first kappa shape index (κ1) is 36.9. The molecule has 8 atom stereocenters. The number of allylic oxidation sites excluding steroid dienone is 1. The van der Waals surface area contributed by atoms with Crippen molar-refractivity contribution in [2.24, 2.45) is 40.4 Å². The number of phenolic OH excluding ortho intramolecular Hbond substituents is 1. The number of ketones is 1. The van der Waals surface area contributed by atoms with E-state index in [0.29, 0.717) is 53.5 Å². The van der Waals surface area contributed by atoms with Gasteiger partial charge in [-0.1, -0.05) is 51.8 Å². The molecule has 0 bridgehead atoms. The van der Waals surface area contributed by atoms with E-state index in [4.69, 9.17) is 0 Å². The highest BCUT2D eigenvalue weighted by atomic mass is 35.5. The van der Waals surface area contributed by atoms with Gasteiger partial charge in [-0.2, -0.15) is 0 Å². The van der Waals surface area contributed by atoms with Gasteiger partial charge < -0.3 is 27.7 Å². The summed E-state index contributed by atoms with van der Waals surface area (Å²) in [6.07, 6.45) is 11.4. The number of carbonyl (C=O) groups is 3. The molecule has 0 aromatic heterocycles. The van der Waals surface area contributed by atoms with Crippen molar-refractivity contribution >= 4 is 29.0 Å². The van der Waals surface area contributed by atoms with Gasteiger partial charge in [0.2, 0.25) is 0 Å². The van der Waals surface area contributed by atoms with Gasteiger partial charge in [0, 0.05) is 12.0 Å². The predicted octanol–water partition coefficient (Wildman–Crippen LogP) is 5.01. The van der Waals surface area contributed by atoms with Crippen LogP contribution in [0.4, 0.5) is 11.4 Å². The molecular weight excluding hydrogens is 640 g/mol. The molecule has 5 fully saturated rings. The van der Waals surface area contributed by atoms with Crippen LogP contribution in [0, 0.1) is 40.4 Å². The number of hydrazine groups is 1. The Bertz CT molecular complexity index is 1570. The molecule has 2 amide bonds. The van der Waals surface area contributed by atoms with Crippen molar-refractivity contribution in [2.75, 3.05) is 10.0 Å². The first-order valence-corrected chi connectivity index (χ1v) is 18.0. The Morgan fingerprint density at radius 1 is 0.857 bits per heavy atom. The number of benzene rings is 2. The van der Waals surface area contributed by atoms with Gasteiger partial charge >= 0.3 is 1.43 Å². The van der Waals surface area contributed by atoms with E-state index >= 15 is 0 Å². The molecule has 3 N–H and O–H groups in total. The number of unbranched alkanes of at least 4 members (excludes halogenated alkanes) is 1. The van der Waals surface area contributed by atoms with Crippen LogP contribution in [0.3, 0.4) is 0 Å². The van der Waals surface area contributed by atoms with Gasteiger partial charge in [0.15, 0.2) is 5.78 Å². The number of para-hydroxylation sites is 1. The molecule has 0 radical (unpaired) electrons. The van der Waals surface area contributed by atoms with Crippen molar-refractivity contribution in [3.05, 3.63) is 66.4 Å². The number of carbonyl (C=O) groups excluding carboxylic acids is 3. The van der Waals surface area contributed by atoms with E-state index < -0.39 is 11.5 Å². The lowest BCUT2D eigenvalue weighted by molar-refractivity contribution is -0.147. The van der Waals surface area contributed by atoms with Gasteiger partial charge in [0.1, 0.15) is 11.7 Å². The van der Waals surface area contributed by atoms with Crippen molar-refractivity contribution in [3.8, 4) is 5.75 Å². The summed E-state index contributed by atoms with van der Waals surface area (Å²) in [5.74, 6) is 1.59. The molecule has 8 nitrogen and oxygen atoms in total. The fourth-order valence-electron chi connectivity index (χ4n) is 10.3. The molecule has 49 heavy (non-hydrogen) atoms. The van der Waals surface area contributed by atoms with E-state index in [9.17, 15) is 29.7 Å². The van der Waals surface area contributed by atoms with Gasteiger partial charge in [-0.15, -0.1) is 0 Å². The van der Waals surface area contributed by atoms with Gasteiger partial charge in [-0.05, 0) is 129 Å². The zero-order chi connectivity index (χ0) is 34.4. The highest BCUT2D eigenvalue weighted by Crippen LogP contribution is 2.68. The van der Waals surface area contributed by atoms with Crippen molar-refractivity contribution in [2.45, 2.75) is 104 Å². The van der Waals surface area contributed by atoms with Crippen LogP contribution in [0.15, 0.2) is 66.4 Å². The zero-order valence-corrected chi connectivity index (χ0v) is 30.0. The molecule has 1 aliphatic heterocycles. The molecule has 7 rings (SSSR count). The number of nitrogens with zero attached hydrogens (tertiary/aromatic N) is 2. The number of rotatable bonds is 5. The third kappa shape index (κ3) is 6.28. The lowest BCUT2D eigenvalue weighted by atomic mass is 9.44. The highest BCUT2D eigenvalue weighted by molar-refractivity contribution is 6.23. The van der Waals surface area contributed by atoms with Crippen molar-refractivity contribution in [3.63, 3.8) is 0 Å². The second-order valence-corrected chi connectivity index (χ2v) is 15.7. The molecule has 0 spiro atoms. The minimum atomic E-state index is -0.654. The summed E-state index contributed by atoms with van der Waals surface area (Å²) in [7, 11) is 0. The van der Waals surface area contributed by atoms with E-state index in [0.717, 1.165) is 57.6 Å². The minimum Gasteiger partial charge on any atom is -1.00 e. The second-order valence-electron chi connectivity index (χ2n) is 15.7. The lowest BCUT2D eigenvalue weighted by Gasteiger charge is -2.61. The Morgan fingerprint density at radius 2 is 1.47 bits per heavy atom. The highest BCUT2D eigenvalue weighted by Gasteiger charge is 2.63. The number of aromatic hydroxyl groups is 1. The van der Waals surface area contributed by atoms with Crippen molar-refractivity contribution in [1.82, 2.24) is 0 Å². The number of hydrogen-bond acceptors (Lipinski definition) is 6. The van der Waals surface area contributed by atoms with Crippen molar-refractivity contribution < 1.29 is 43.5 Å². The summed E-state index contributed by atoms with van der Waals surface area (Å²) < 4.78 is 0. The van der Waals surface area contributed by atoms with Crippen LogP contribution in [0.25, 0.3) is 0 Å². The van der Waals surface area contributed by atoms with Crippen LogP contribution in [-0.4, -0.2) is 38.5 Å². The average Bonchev–Trinajstić information content (AvgIpc) is 3.47. The van der Waals surface area contributed by atoms with Gasteiger partial charge in [-0.25, -0.2) is 10.0 Å². The molecule has 4 saturated carbocycles. The van der Waals surface area contributed by atoms with E-state index in [2.05, 4.69) is 13.8 Å². The Kier molecular flexibility index (Phi) is 10.6. The molecule has 5 aliphatic rings. The lowest BCUT2D eigenvalue weighted by Crippen LogP contribution is -3.00. The molecule has 1 heterocycles. The fraction of sp³-hybridized carbons (Fsp3) is 0.575. The average molecular weight is 693 g/mol. The maximum absolute atomic E-state index is 12.9. The number of fused-ring (bicyclic) bond motifs is 5. The number of halogens is 1. The third-order valence-corrected chi connectivity index (χ3v) is 13.3. The van der Waals surface area contributed by atoms with Crippen LogP contribution in [0.1, 0.15) is 99.8 Å². The smallest absolute Gasteiger partial charge is 1.00 e. The Labute approximate surface area is 298 Å². The topological polar surface area (TPSA) is 118 Å². The van der Waals surface area contributed by atoms with Gasteiger partial charge in [0.25, 0.3) is 11.8 Å². The number of aliphatic hydroxyl groups is 2. The fourth-order valence-corrected chi connectivity index (χ4v) is 10.3. The predicted molar refractivity (Wildman–Crippen MR) is 187 cm³/mol. The quantitative estimate of drug-likeness (QED) is 0.231. The van der Waals surface area contributed by atoms with Crippen molar-refractivity contribution in [1.29, 1.82) is 0 Å². The molecule has 2 aromatic rings. The van der Waals surface area contributed by atoms with E-state index in [-0.39, 0.29) is 48.0 Å². The van der Waals surface area contributed by atoms with Crippen LogP contribution >= 0.6 is 0 Å². The van der Waals surface area contributed by atoms with Crippen LogP contribution < -0.4 is 22.4 Å². The molecule has 1 unspecified atom stereocenters. The first-order chi connectivity index (χ1) is 22.9. The normalized spacial score (nSPS) is 36.0. The molecule has 2 aromatic carbocycles. The summed E-state index contributed by atoms with van der Waals surface area (Å²) in [5.41, 5.74) is 1.52. The summed E-state index contributed by atoms with van der Waals surface area (Å²) in [4.78, 5) is 38.0. The number of amides is 2. The van der Waals surface area contributed by atoms with E-state index in [1.54, 1.807) is 24.3 Å². The summed E-state index contributed by atoms with van der Waals surface area (Å²) in [6, 6.07) is 15.4. The largest absolute Gasteiger partial charge is 1.00 e. The number of aliphatic hydroxyl groups excluding tert-OH is 1. The Balaban J connectivity index is 0.000000216. The zero-order valence-electron chi connectivity index (χ0n) is 30.3. The molecule has 1 saturated heterocycles.